The van der Waals surface area contributed by atoms with Gasteiger partial charge in [0, 0.05) is 5.56 Å². The summed E-state index contributed by atoms with van der Waals surface area (Å²) in [6, 6.07) is 17.2. The predicted molar refractivity (Wildman–Crippen MR) is 86.2 cm³/mol. The van der Waals surface area contributed by atoms with Crippen LogP contribution in [0.2, 0.25) is 0 Å². The van der Waals surface area contributed by atoms with Gasteiger partial charge in [-0.25, -0.2) is 0 Å². The average Bonchev–Trinajstić information content (AvgIpc) is 2.48. The van der Waals surface area contributed by atoms with Crippen molar-refractivity contribution in [2.75, 3.05) is 0 Å². The van der Waals surface area contributed by atoms with Crippen molar-refractivity contribution in [3.8, 4) is 16.9 Å². The fraction of sp³-hybridized carbons (Fsp3) is 0.111. The van der Waals surface area contributed by atoms with Crippen LogP contribution >= 0.6 is 15.9 Å². The summed E-state index contributed by atoms with van der Waals surface area (Å²) in [4.78, 5) is 0. The lowest BCUT2D eigenvalue weighted by Gasteiger charge is -2.23. The Labute approximate surface area is 126 Å². The Hall–Kier alpha value is -1.80. The number of benzene rings is 3. The minimum atomic E-state index is 0.638. The zero-order valence-electron chi connectivity index (χ0n) is 11.1. The van der Waals surface area contributed by atoms with E-state index in [4.69, 9.17) is 4.74 Å². The molecule has 1 aliphatic heterocycles. The van der Waals surface area contributed by atoms with Crippen LogP contribution in [0.4, 0.5) is 0 Å². The monoisotopic (exact) mass is 324 g/mol. The Kier molecular flexibility index (Phi) is 2.61. The second-order valence-electron chi connectivity index (χ2n) is 5.24. The van der Waals surface area contributed by atoms with Gasteiger partial charge in [0.05, 0.1) is 4.47 Å². The molecule has 0 atom stereocenters. The highest BCUT2D eigenvalue weighted by Gasteiger charge is 2.21. The van der Waals surface area contributed by atoms with Gasteiger partial charge in [-0.3, -0.25) is 0 Å². The van der Waals surface area contributed by atoms with E-state index in [9.17, 15) is 0 Å². The molecule has 0 spiro atoms. The van der Waals surface area contributed by atoms with E-state index in [0.29, 0.717) is 6.61 Å². The van der Waals surface area contributed by atoms with Gasteiger partial charge >= 0.3 is 0 Å². The second-order valence-corrected chi connectivity index (χ2v) is 6.03. The molecular weight excluding hydrogens is 312 g/mol. The van der Waals surface area contributed by atoms with Crippen molar-refractivity contribution < 1.29 is 4.74 Å². The molecule has 1 heterocycles. The average molecular weight is 325 g/mol. The van der Waals surface area contributed by atoms with Crippen LogP contribution < -0.4 is 4.74 Å². The Morgan fingerprint density at radius 1 is 1.00 bits per heavy atom. The molecule has 0 unspecified atom stereocenters. The van der Waals surface area contributed by atoms with Gasteiger partial charge in [0.15, 0.2) is 0 Å². The summed E-state index contributed by atoms with van der Waals surface area (Å²) in [5.74, 6) is 0.960. The maximum Gasteiger partial charge on any atom is 0.142 e. The summed E-state index contributed by atoms with van der Waals surface area (Å²) in [5, 5.41) is 2.45. The van der Waals surface area contributed by atoms with Crippen LogP contribution in [-0.2, 0) is 6.61 Å². The number of hydrogen-bond donors (Lipinski definition) is 0. The lowest BCUT2D eigenvalue weighted by atomic mass is 9.94. The van der Waals surface area contributed by atoms with Crippen LogP contribution in [0, 0.1) is 6.92 Å². The molecule has 3 aromatic carbocycles. The second kappa shape index (κ2) is 4.35. The van der Waals surface area contributed by atoms with Crippen LogP contribution in [-0.4, -0.2) is 0 Å². The molecule has 0 fully saturated rings. The fourth-order valence-corrected chi connectivity index (χ4v) is 3.52. The van der Waals surface area contributed by atoms with E-state index in [0.717, 1.165) is 10.2 Å². The summed E-state index contributed by atoms with van der Waals surface area (Å²) >= 11 is 3.73. The van der Waals surface area contributed by atoms with Gasteiger partial charge in [-0.05, 0) is 50.8 Å². The normalized spacial score (nSPS) is 12.7. The van der Waals surface area contributed by atoms with E-state index in [2.05, 4.69) is 71.4 Å². The van der Waals surface area contributed by atoms with Gasteiger partial charge in [0.25, 0.3) is 0 Å². The molecule has 1 nitrogen and oxygen atoms in total. The molecule has 0 N–H and O–H groups in total. The summed E-state index contributed by atoms with van der Waals surface area (Å²) in [7, 11) is 0. The highest BCUT2D eigenvalue weighted by molar-refractivity contribution is 9.10. The van der Waals surface area contributed by atoms with Gasteiger partial charge in [-0.15, -0.1) is 0 Å². The maximum atomic E-state index is 5.98. The molecule has 98 valence electrons. The number of rotatable bonds is 0. The summed E-state index contributed by atoms with van der Waals surface area (Å²) in [5.41, 5.74) is 4.96. The van der Waals surface area contributed by atoms with E-state index < -0.39 is 0 Å². The topological polar surface area (TPSA) is 9.23 Å². The van der Waals surface area contributed by atoms with Gasteiger partial charge in [-0.2, -0.15) is 0 Å². The van der Waals surface area contributed by atoms with Gasteiger partial charge in [0.1, 0.15) is 12.4 Å². The third kappa shape index (κ3) is 1.68. The zero-order valence-corrected chi connectivity index (χ0v) is 12.7. The predicted octanol–water partition coefficient (Wildman–Crippen LogP) is 5.47. The number of halogens is 1. The number of hydrogen-bond acceptors (Lipinski definition) is 1. The van der Waals surface area contributed by atoms with Crippen LogP contribution in [0.25, 0.3) is 21.9 Å². The van der Waals surface area contributed by atoms with Crippen molar-refractivity contribution in [1.82, 2.24) is 0 Å². The molecule has 2 heteroatoms. The first-order valence-corrected chi connectivity index (χ1v) is 7.47. The molecule has 0 radical (unpaired) electrons. The van der Waals surface area contributed by atoms with E-state index in [-0.39, 0.29) is 0 Å². The first kappa shape index (κ1) is 12.0. The summed E-state index contributed by atoms with van der Waals surface area (Å²) < 4.78 is 7.04. The molecule has 0 aromatic heterocycles. The smallest absolute Gasteiger partial charge is 0.142 e. The molecule has 20 heavy (non-hydrogen) atoms. The number of fused-ring (bicyclic) bond motifs is 4. The molecule has 0 saturated heterocycles. The van der Waals surface area contributed by atoms with Crippen LogP contribution in [0.15, 0.2) is 53.0 Å². The molecule has 1 aliphatic rings. The molecule has 4 rings (SSSR count). The van der Waals surface area contributed by atoms with Crippen LogP contribution in [0.1, 0.15) is 11.1 Å². The minimum Gasteiger partial charge on any atom is -0.487 e. The van der Waals surface area contributed by atoms with Gasteiger partial charge in [0.2, 0.25) is 0 Å². The standard InChI is InChI=1S/C18H13BrO/c1-11-6-7-12-9-16-14-5-3-2-4-13(14)10-20-18(16)17(19)15(12)8-11/h2-9H,10H2,1H3. The Morgan fingerprint density at radius 3 is 2.75 bits per heavy atom. The van der Waals surface area contributed by atoms with Gasteiger partial charge in [-0.1, -0.05) is 48.0 Å². The highest BCUT2D eigenvalue weighted by Crippen LogP contribution is 2.45. The van der Waals surface area contributed by atoms with Crippen molar-refractivity contribution in [3.05, 3.63) is 64.1 Å². The van der Waals surface area contributed by atoms with Crippen molar-refractivity contribution in [1.29, 1.82) is 0 Å². The quantitative estimate of drug-likeness (QED) is 0.532. The molecule has 0 amide bonds. The molecule has 0 aliphatic carbocycles. The van der Waals surface area contributed by atoms with Crippen LogP contribution in [0.5, 0.6) is 5.75 Å². The Balaban J connectivity index is 2.09. The lowest BCUT2D eigenvalue weighted by molar-refractivity contribution is 0.301. The van der Waals surface area contributed by atoms with E-state index in [1.807, 2.05) is 0 Å². The van der Waals surface area contributed by atoms with Crippen molar-refractivity contribution in [2.24, 2.45) is 0 Å². The summed E-state index contributed by atoms with van der Waals surface area (Å²) in [6.45, 7) is 2.75. The largest absolute Gasteiger partial charge is 0.487 e. The van der Waals surface area contributed by atoms with Gasteiger partial charge < -0.3 is 4.74 Å². The van der Waals surface area contributed by atoms with Crippen molar-refractivity contribution >= 4 is 26.7 Å². The van der Waals surface area contributed by atoms with E-state index in [1.54, 1.807) is 0 Å². The Morgan fingerprint density at radius 2 is 1.85 bits per heavy atom. The SMILES string of the molecule is Cc1ccc2cc3c(c(Br)c2c1)OCc1ccccc1-3. The third-order valence-electron chi connectivity index (χ3n) is 3.87. The molecular formula is C18H13BrO. The summed E-state index contributed by atoms with van der Waals surface area (Å²) in [6.07, 6.45) is 0. The van der Waals surface area contributed by atoms with Crippen molar-refractivity contribution in [2.45, 2.75) is 13.5 Å². The Bertz CT molecular complexity index is 836. The van der Waals surface area contributed by atoms with Crippen LogP contribution in [0.3, 0.4) is 0 Å². The minimum absolute atomic E-state index is 0.638. The fourth-order valence-electron chi connectivity index (χ4n) is 2.85. The lowest BCUT2D eigenvalue weighted by Crippen LogP contribution is -2.06. The van der Waals surface area contributed by atoms with E-state index >= 15 is 0 Å². The third-order valence-corrected chi connectivity index (χ3v) is 4.66. The zero-order chi connectivity index (χ0) is 13.7. The molecule has 0 saturated carbocycles. The number of aryl methyl sites for hydroxylation is 1. The highest BCUT2D eigenvalue weighted by atomic mass is 79.9. The number of ether oxygens (including phenoxy) is 1. The molecule has 0 bridgehead atoms. The first-order chi connectivity index (χ1) is 9.74. The first-order valence-electron chi connectivity index (χ1n) is 6.68. The maximum absolute atomic E-state index is 5.98. The van der Waals surface area contributed by atoms with E-state index in [1.165, 1.54) is 33.0 Å². The van der Waals surface area contributed by atoms with Crippen molar-refractivity contribution in [3.63, 3.8) is 0 Å². The molecule has 3 aromatic rings.